The van der Waals surface area contributed by atoms with Gasteiger partial charge in [-0.05, 0) is 40.5 Å². The highest BCUT2D eigenvalue weighted by molar-refractivity contribution is 7.90. The van der Waals surface area contributed by atoms with Crippen molar-refractivity contribution in [2.24, 2.45) is 5.41 Å². The Bertz CT molecular complexity index is 361. The topological polar surface area (TPSA) is 53.5 Å². The summed E-state index contributed by atoms with van der Waals surface area (Å²) >= 11 is -1.05. The van der Waals surface area contributed by atoms with E-state index < -0.39 is 17.1 Å². The molecule has 0 bridgehead atoms. The highest BCUT2D eigenvalue weighted by atomic mass is 32.2. The molecule has 2 unspecified atom stereocenters. The molecule has 1 aliphatic carbocycles. The summed E-state index contributed by atoms with van der Waals surface area (Å²) in [6, 6.07) is 0. The molecule has 4 nitrogen and oxygen atoms in total. The van der Waals surface area contributed by atoms with Crippen LogP contribution < -0.4 is 4.72 Å². The first-order chi connectivity index (χ1) is 9.00. The van der Waals surface area contributed by atoms with E-state index in [0.717, 1.165) is 19.3 Å². The van der Waals surface area contributed by atoms with Gasteiger partial charge >= 0.3 is 0 Å². The SMILES string of the molecule is CC1(N[S+]([O-])C(C)(C)C)CCC2(OCCO2)C(C)(C)C1. The third kappa shape index (κ3) is 3.02. The summed E-state index contributed by atoms with van der Waals surface area (Å²) in [5, 5.41) is 0. The summed E-state index contributed by atoms with van der Waals surface area (Å²) < 4.78 is 27.4. The van der Waals surface area contributed by atoms with Crippen LogP contribution in [0, 0.1) is 5.41 Å². The monoisotopic (exact) mass is 303 g/mol. The van der Waals surface area contributed by atoms with E-state index in [1.807, 2.05) is 20.8 Å². The van der Waals surface area contributed by atoms with Crippen molar-refractivity contribution in [3.8, 4) is 0 Å². The largest absolute Gasteiger partial charge is 0.598 e. The van der Waals surface area contributed by atoms with Gasteiger partial charge in [0.25, 0.3) is 0 Å². The minimum absolute atomic E-state index is 0.0917. The van der Waals surface area contributed by atoms with E-state index >= 15 is 0 Å². The van der Waals surface area contributed by atoms with Crippen LogP contribution in [0.1, 0.15) is 60.8 Å². The molecular formula is C15H29NO3S. The Hall–Kier alpha value is 0.190. The van der Waals surface area contributed by atoms with E-state index in [-0.39, 0.29) is 15.7 Å². The average molecular weight is 303 g/mol. The van der Waals surface area contributed by atoms with Crippen LogP contribution >= 0.6 is 0 Å². The van der Waals surface area contributed by atoms with E-state index in [1.54, 1.807) is 0 Å². The number of hydrogen-bond acceptors (Lipinski definition) is 4. The van der Waals surface area contributed by atoms with E-state index in [4.69, 9.17) is 9.47 Å². The van der Waals surface area contributed by atoms with E-state index in [9.17, 15) is 4.55 Å². The highest BCUT2D eigenvalue weighted by Gasteiger charge is 2.57. The fourth-order valence-corrected chi connectivity index (χ4v) is 4.36. The number of rotatable bonds is 2. The second kappa shape index (κ2) is 5.13. The Morgan fingerprint density at radius 1 is 1.05 bits per heavy atom. The second-order valence-electron chi connectivity index (χ2n) is 8.05. The lowest BCUT2D eigenvalue weighted by Crippen LogP contribution is -2.61. The van der Waals surface area contributed by atoms with Crippen molar-refractivity contribution in [3.63, 3.8) is 0 Å². The van der Waals surface area contributed by atoms with E-state index in [2.05, 4.69) is 25.5 Å². The minimum atomic E-state index is -1.05. The lowest BCUT2D eigenvalue weighted by atomic mass is 9.65. The van der Waals surface area contributed by atoms with Crippen molar-refractivity contribution in [1.82, 2.24) is 4.72 Å². The molecule has 1 spiro atoms. The molecule has 0 aromatic carbocycles. The van der Waals surface area contributed by atoms with Crippen molar-refractivity contribution in [2.75, 3.05) is 13.2 Å². The van der Waals surface area contributed by atoms with E-state index in [1.165, 1.54) is 0 Å². The van der Waals surface area contributed by atoms with Gasteiger partial charge in [-0.2, -0.15) is 0 Å². The maximum Gasteiger partial charge on any atom is 0.173 e. The summed E-state index contributed by atoms with van der Waals surface area (Å²) in [7, 11) is 0. The summed E-state index contributed by atoms with van der Waals surface area (Å²) in [5.41, 5.74) is -0.228. The molecular weight excluding hydrogens is 274 g/mol. The molecule has 20 heavy (non-hydrogen) atoms. The third-order valence-corrected chi connectivity index (χ3v) is 6.31. The fraction of sp³-hybridized carbons (Fsp3) is 1.00. The normalized spacial score (nSPS) is 34.4. The third-order valence-electron chi connectivity index (χ3n) is 4.52. The zero-order valence-electron chi connectivity index (χ0n) is 13.7. The van der Waals surface area contributed by atoms with Gasteiger partial charge in [-0.15, -0.1) is 4.72 Å². The summed E-state index contributed by atoms with van der Waals surface area (Å²) in [6.07, 6.45) is 2.66. The van der Waals surface area contributed by atoms with Crippen LogP contribution in [0.3, 0.4) is 0 Å². The van der Waals surface area contributed by atoms with Gasteiger partial charge in [0.2, 0.25) is 0 Å². The summed E-state index contributed by atoms with van der Waals surface area (Å²) in [4.78, 5) is 0. The van der Waals surface area contributed by atoms with Crippen LogP contribution in [0.5, 0.6) is 0 Å². The van der Waals surface area contributed by atoms with Gasteiger partial charge in [-0.25, -0.2) is 0 Å². The van der Waals surface area contributed by atoms with Gasteiger partial charge in [-0.1, -0.05) is 13.8 Å². The molecule has 0 amide bonds. The quantitative estimate of drug-likeness (QED) is 0.797. The Morgan fingerprint density at radius 3 is 2.05 bits per heavy atom. The van der Waals surface area contributed by atoms with Crippen molar-refractivity contribution in [2.45, 2.75) is 76.9 Å². The van der Waals surface area contributed by atoms with Gasteiger partial charge in [0.05, 0.1) is 18.8 Å². The standard InChI is InChI=1S/C15H29NO3S/c1-12(2,3)20(17)16-14(6)7-8-15(13(4,5)11-14)18-9-10-19-15/h16H,7-11H2,1-6H3. The van der Waals surface area contributed by atoms with Crippen LogP contribution in [-0.4, -0.2) is 33.8 Å². The molecule has 2 aliphatic rings. The Morgan fingerprint density at radius 2 is 1.60 bits per heavy atom. The van der Waals surface area contributed by atoms with Crippen molar-refractivity contribution in [1.29, 1.82) is 0 Å². The van der Waals surface area contributed by atoms with Gasteiger partial charge in [0, 0.05) is 23.2 Å². The van der Waals surface area contributed by atoms with Crippen LogP contribution in [-0.2, 0) is 20.8 Å². The molecule has 2 fully saturated rings. The Kier molecular flexibility index (Phi) is 4.25. The minimum Gasteiger partial charge on any atom is -0.598 e. The van der Waals surface area contributed by atoms with Gasteiger partial charge in [-0.3, -0.25) is 0 Å². The van der Waals surface area contributed by atoms with Crippen molar-refractivity contribution >= 4 is 11.4 Å². The lowest BCUT2D eigenvalue weighted by molar-refractivity contribution is -0.253. The van der Waals surface area contributed by atoms with Crippen LogP contribution in [0.15, 0.2) is 0 Å². The molecule has 2 atom stereocenters. The molecule has 5 heteroatoms. The smallest absolute Gasteiger partial charge is 0.173 e. The Labute approximate surface area is 126 Å². The van der Waals surface area contributed by atoms with E-state index in [0.29, 0.717) is 13.2 Å². The number of nitrogens with one attached hydrogen (secondary N) is 1. The summed E-state index contributed by atoms with van der Waals surface area (Å²) in [5.74, 6) is -0.447. The molecule has 0 radical (unpaired) electrons. The molecule has 0 aromatic rings. The molecule has 1 saturated heterocycles. The molecule has 1 saturated carbocycles. The zero-order valence-corrected chi connectivity index (χ0v) is 14.5. The first-order valence-corrected chi connectivity index (χ1v) is 8.62. The summed E-state index contributed by atoms with van der Waals surface area (Å²) in [6.45, 7) is 13.9. The first kappa shape index (κ1) is 16.6. The fourth-order valence-electron chi connectivity index (χ4n) is 3.43. The van der Waals surface area contributed by atoms with Crippen LogP contribution in [0.4, 0.5) is 0 Å². The van der Waals surface area contributed by atoms with Crippen LogP contribution in [0.25, 0.3) is 0 Å². The predicted octanol–water partition coefficient (Wildman–Crippen LogP) is 2.75. The molecule has 1 heterocycles. The molecule has 1 N–H and O–H groups in total. The zero-order chi connectivity index (χ0) is 15.2. The molecule has 2 rings (SSSR count). The number of ether oxygens (including phenoxy) is 2. The average Bonchev–Trinajstić information content (AvgIpc) is 2.72. The van der Waals surface area contributed by atoms with Gasteiger partial charge in [0.15, 0.2) is 5.79 Å². The predicted molar refractivity (Wildman–Crippen MR) is 81.7 cm³/mol. The number of hydrogen-bond donors (Lipinski definition) is 1. The van der Waals surface area contributed by atoms with Crippen molar-refractivity contribution in [3.05, 3.63) is 0 Å². The highest BCUT2D eigenvalue weighted by Crippen LogP contribution is 2.52. The maximum atomic E-state index is 12.4. The second-order valence-corrected chi connectivity index (χ2v) is 10.0. The molecule has 1 aliphatic heterocycles. The van der Waals surface area contributed by atoms with Gasteiger partial charge in [0.1, 0.15) is 4.75 Å². The first-order valence-electron chi connectivity index (χ1n) is 7.47. The Balaban J connectivity index is 2.10. The lowest BCUT2D eigenvalue weighted by Gasteiger charge is -2.52. The molecule has 118 valence electrons. The van der Waals surface area contributed by atoms with Crippen LogP contribution in [0.2, 0.25) is 0 Å². The molecule has 0 aromatic heterocycles. The maximum absolute atomic E-state index is 12.4. The van der Waals surface area contributed by atoms with Crippen molar-refractivity contribution < 1.29 is 14.0 Å². The van der Waals surface area contributed by atoms with Gasteiger partial charge < -0.3 is 14.0 Å².